The molecule has 1 aliphatic heterocycles. The minimum Gasteiger partial charge on any atom is -0.386 e. The molecular formula is C13H18O5. The zero-order valence-corrected chi connectivity index (χ0v) is 10.6. The van der Waals surface area contributed by atoms with Crippen LogP contribution in [0.5, 0.6) is 0 Å². The summed E-state index contributed by atoms with van der Waals surface area (Å²) in [6.45, 7) is 2.10. The largest absolute Gasteiger partial charge is 0.386 e. The second kappa shape index (κ2) is 4.57. The predicted octanol–water partition coefficient (Wildman–Crippen LogP) is 0.256. The van der Waals surface area contributed by atoms with Crippen LogP contribution in [0, 0.1) is 5.92 Å². The molecule has 4 atom stereocenters. The Hall–Kier alpha value is -1.04. The number of hydrogen-bond acceptors (Lipinski definition) is 5. The van der Waals surface area contributed by atoms with Gasteiger partial charge in [0.25, 0.3) is 0 Å². The van der Waals surface area contributed by atoms with Crippen molar-refractivity contribution in [2.75, 3.05) is 13.7 Å². The van der Waals surface area contributed by atoms with Crippen LogP contribution in [0.2, 0.25) is 0 Å². The van der Waals surface area contributed by atoms with Gasteiger partial charge in [0, 0.05) is 13.5 Å². The molecular weight excluding hydrogens is 236 g/mol. The first-order valence-corrected chi connectivity index (χ1v) is 6.02. The number of ether oxygens (including phenoxy) is 2. The number of allylic oxidation sites excluding steroid dienone is 1. The number of aliphatic hydroxyl groups is 1. The van der Waals surface area contributed by atoms with E-state index in [0.29, 0.717) is 25.7 Å². The van der Waals surface area contributed by atoms with E-state index in [-0.39, 0.29) is 5.78 Å². The van der Waals surface area contributed by atoms with E-state index in [1.165, 1.54) is 19.3 Å². The van der Waals surface area contributed by atoms with Crippen LogP contribution in [0.15, 0.2) is 12.2 Å². The number of rotatable bonds is 4. The third kappa shape index (κ3) is 2.13. The minimum absolute atomic E-state index is 0.0246. The van der Waals surface area contributed by atoms with E-state index in [1.54, 1.807) is 6.92 Å². The fourth-order valence-corrected chi connectivity index (χ4v) is 2.96. The van der Waals surface area contributed by atoms with Gasteiger partial charge in [0.1, 0.15) is 18.0 Å². The van der Waals surface area contributed by atoms with E-state index in [4.69, 9.17) is 9.47 Å². The van der Waals surface area contributed by atoms with Crippen molar-refractivity contribution in [1.29, 1.82) is 0 Å². The molecule has 0 radical (unpaired) electrons. The molecule has 1 saturated heterocycles. The second-order valence-electron chi connectivity index (χ2n) is 5.17. The standard InChI is InChI=1S/C13H18O5/c1-12(16,5-3-7-14)11-10(17-2)9(15)4-6-13(11)8-18-13/h3,5,7,10-11,16H,4,6,8H2,1-2H3/b5-3+/t10-,11-,12?,13+/m1/s1. The molecule has 1 heterocycles. The highest BCUT2D eigenvalue weighted by Crippen LogP contribution is 2.50. The Bertz CT molecular complexity index is 381. The van der Waals surface area contributed by atoms with Crippen molar-refractivity contribution in [3.63, 3.8) is 0 Å². The number of methoxy groups -OCH3 is 1. The van der Waals surface area contributed by atoms with Crippen LogP contribution >= 0.6 is 0 Å². The lowest BCUT2D eigenvalue weighted by atomic mass is 9.68. The summed E-state index contributed by atoms with van der Waals surface area (Å²) in [5, 5.41) is 10.5. The van der Waals surface area contributed by atoms with Crippen molar-refractivity contribution in [3.8, 4) is 0 Å². The first-order valence-electron chi connectivity index (χ1n) is 6.02. The second-order valence-corrected chi connectivity index (χ2v) is 5.17. The normalized spacial score (nSPS) is 38.9. The number of aldehydes is 1. The third-order valence-electron chi connectivity index (χ3n) is 3.89. The van der Waals surface area contributed by atoms with Gasteiger partial charge in [0.15, 0.2) is 5.78 Å². The van der Waals surface area contributed by atoms with Crippen LogP contribution < -0.4 is 0 Å². The van der Waals surface area contributed by atoms with E-state index in [2.05, 4.69) is 0 Å². The van der Waals surface area contributed by atoms with Crippen LogP contribution in [-0.4, -0.2) is 48.2 Å². The van der Waals surface area contributed by atoms with Gasteiger partial charge in [-0.15, -0.1) is 0 Å². The maximum Gasteiger partial charge on any atom is 0.162 e. The Morgan fingerprint density at radius 3 is 2.78 bits per heavy atom. The molecule has 0 aromatic rings. The fourth-order valence-electron chi connectivity index (χ4n) is 2.96. The SMILES string of the molecule is CO[C@@H]1C(=O)CC[C@]2(CO2)[C@H]1C(C)(O)/C=C/C=O. The molecule has 18 heavy (non-hydrogen) atoms. The molecule has 0 amide bonds. The van der Waals surface area contributed by atoms with Crippen LogP contribution in [0.4, 0.5) is 0 Å². The summed E-state index contributed by atoms with van der Waals surface area (Å²) < 4.78 is 10.7. The fraction of sp³-hybridized carbons (Fsp3) is 0.692. The lowest BCUT2D eigenvalue weighted by Gasteiger charge is -2.41. The van der Waals surface area contributed by atoms with Gasteiger partial charge in [-0.25, -0.2) is 0 Å². The molecule has 5 nitrogen and oxygen atoms in total. The van der Waals surface area contributed by atoms with Crippen LogP contribution in [0.3, 0.4) is 0 Å². The first-order chi connectivity index (χ1) is 8.47. The summed E-state index contributed by atoms with van der Waals surface area (Å²) in [6.07, 6.45) is 3.55. The van der Waals surface area contributed by atoms with E-state index >= 15 is 0 Å². The summed E-state index contributed by atoms with van der Waals surface area (Å²) in [6, 6.07) is 0. The monoisotopic (exact) mass is 254 g/mol. The Kier molecular flexibility index (Phi) is 3.40. The lowest BCUT2D eigenvalue weighted by Crippen LogP contribution is -2.56. The lowest BCUT2D eigenvalue weighted by molar-refractivity contribution is -0.150. The molecule has 1 spiro atoms. The Balaban J connectivity index is 2.32. The van der Waals surface area contributed by atoms with Crippen molar-refractivity contribution in [1.82, 2.24) is 0 Å². The summed E-state index contributed by atoms with van der Waals surface area (Å²) in [7, 11) is 1.45. The third-order valence-corrected chi connectivity index (χ3v) is 3.89. The predicted molar refractivity (Wildman–Crippen MR) is 63.0 cm³/mol. The highest BCUT2D eigenvalue weighted by atomic mass is 16.6. The maximum atomic E-state index is 11.9. The van der Waals surface area contributed by atoms with Gasteiger partial charge in [-0.2, -0.15) is 0 Å². The molecule has 2 fully saturated rings. The topological polar surface area (TPSA) is 76.1 Å². The van der Waals surface area contributed by atoms with Crippen molar-refractivity contribution in [3.05, 3.63) is 12.2 Å². The molecule has 100 valence electrons. The maximum absolute atomic E-state index is 11.9. The molecule has 1 N–H and O–H groups in total. The van der Waals surface area contributed by atoms with Crippen molar-refractivity contribution in [2.45, 2.75) is 37.1 Å². The van der Waals surface area contributed by atoms with Gasteiger partial charge < -0.3 is 14.6 Å². The molecule has 1 saturated carbocycles. The molecule has 2 aliphatic rings. The highest BCUT2D eigenvalue weighted by Gasteiger charge is 2.63. The quantitative estimate of drug-likeness (QED) is 0.442. The van der Waals surface area contributed by atoms with E-state index < -0.39 is 23.2 Å². The number of hydrogen-bond donors (Lipinski definition) is 1. The Morgan fingerprint density at radius 2 is 2.28 bits per heavy atom. The first kappa shape index (κ1) is 13.4. The van der Waals surface area contributed by atoms with Crippen molar-refractivity contribution < 1.29 is 24.2 Å². The van der Waals surface area contributed by atoms with E-state index in [0.717, 1.165) is 0 Å². The number of carbonyl (C=O) groups is 2. The summed E-state index contributed by atoms with van der Waals surface area (Å²) in [4.78, 5) is 22.3. The average molecular weight is 254 g/mol. The zero-order chi connectivity index (χ0) is 13.4. The van der Waals surface area contributed by atoms with Crippen molar-refractivity contribution >= 4 is 12.1 Å². The smallest absolute Gasteiger partial charge is 0.162 e. The molecule has 2 rings (SSSR count). The van der Waals surface area contributed by atoms with Gasteiger partial charge in [-0.1, -0.05) is 0 Å². The number of epoxide rings is 1. The van der Waals surface area contributed by atoms with Crippen LogP contribution in [0.25, 0.3) is 0 Å². The van der Waals surface area contributed by atoms with Gasteiger partial charge in [0.05, 0.1) is 18.1 Å². The number of carbonyl (C=O) groups excluding carboxylic acids is 2. The Labute approximate surface area is 106 Å². The van der Waals surface area contributed by atoms with Gasteiger partial charge in [0.2, 0.25) is 0 Å². The molecule has 0 bridgehead atoms. The number of Topliss-reactive ketones (excluding diaryl/α,β-unsaturated/α-hetero) is 1. The van der Waals surface area contributed by atoms with Gasteiger partial charge in [-0.05, 0) is 25.5 Å². The van der Waals surface area contributed by atoms with Gasteiger partial charge >= 0.3 is 0 Å². The van der Waals surface area contributed by atoms with Gasteiger partial charge in [-0.3, -0.25) is 9.59 Å². The molecule has 0 aromatic carbocycles. The Morgan fingerprint density at radius 1 is 1.61 bits per heavy atom. The average Bonchev–Trinajstić information content (AvgIpc) is 3.09. The molecule has 0 aromatic heterocycles. The number of ketones is 1. The summed E-state index contributed by atoms with van der Waals surface area (Å²) in [5.41, 5.74) is -1.79. The van der Waals surface area contributed by atoms with E-state index in [1.807, 2.05) is 0 Å². The summed E-state index contributed by atoms with van der Waals surface area (Å²) >= 11 is 0. The summed E-state index contributed by atoms with van der Waals surface area (Å²) in [5.74, 6) is -0.504. The van der Waals surface area contributed by atoms with E-state index in [9.17, 15) is 14.7 Å². The highest BCUT2D eigenvalue weighted by molar-refractivity contribution is 5.85. The minimum atomic E-state index is -1.31. The van der Waals surface area contributed by atoms with Crippen LogP contribution in [0.1, 0.15) is 19.8 Å². The molecule has 1 aliphatic carbocycles. The van der Waals surface area contributed by atoms with Crippen molar-refractivity contribution in [2.24, 2.45) is 5.92 Å². The zero-order valence-electron chi connectivity index (χ0n) is 10.6. The molecule has 1 unspecified atom stereocenters. The van der Waals surface area contributed by atoms with Crippen LogP contribution in [-0.2, 0) is 19.1 Å². The molecule has 5 heteroatoms.